The zero-order valence-electron chi connectivity index (χ0n) is 13.7. The fraction of sp³-hybridized carbons (Fsp3) is 0.471. The minimum absolute atomic E-state index is 0.0807. The van der Waals surface area contributed by atoms with E-state index in [1.807, 2.05) is 6.07 Å². The highest BCUT2D eigenvalue weighted by Gasteiger charge is 2.37. The van der Waals surface area contributed by atoms with Gasteiger partial charge in [0.2, 0.25) is 0 Å². The lowest BCUT2D eigenvalue weighted by molar-refractivity contribution is 0.0694. The van der Waals surface area contributed by atoms with Gasteiger partial charge in [0.25, 0.3) is 0 Å². The zero-order chi connectivity index (χ0) is 17.1. The normalized spacial score (nSPS) is 20.9. The van der Waals surface area contributed by atoms with E-state index in [0.717, 1.165) is 30.9 Å². The quantitative estimate of drug-likeness (QED) is 0.706. The van der Waals surface area contributed by atoms with Crippen LogP contribution in [-0.2, 0) is 6.42 Å². The molecule has 2 heterocycles. The molecule has 2 aliphatic rings. The van der Waals surface area contributed by atoms with Gasteiger partial charge in [-0.2, -0.15) is 0 Å². The minimum atomic E-state index is -1.10. The Morgan fingerprint density at radius 1 is 1.38 bits per heavy atom. The number of aromatic carboxylic acids is 1. The van der Waals surface area contributed by atoms with Crippen LogP contribution in [0, 0.1) is 0 Å². The van der Waals surface area contributed by atoms with E-state index in [1.54, 1.807) is 6.07 Å². The summed E-state index contributed by atoms with van der Waals surface area (Å²) < 4.78 is 5.49. The van der Waals surface area contributed by atoms with Gasteiger partial charge in [-0.25, -0.2) is 4.79 Å². The molecule has 6 nitrogen and oxygen atoms in total. The molecule has 7 heteroatoms. The third-order valence-electron chi connectivity index (χ3n) is 4.60. The average molecular weight is 330 g/mol. The standard InChI is InChI=1S/C17H23BN2O4/c1-12(11-20-8-3-2-4-9-20)19-15-10-13-6-5-7-14(17(21)22)16(13)24-18(15)23/h5-7,15,19,23H,1-4,8-11H2,(H,21,22). The van der Waals surface area contributed by atoms with Gasteiger partial charge >= 0.3 is 13.1 Å². The number of likely N-dealkylation sites (tertiary alicyclic amines) is 1. The van der Waals surface area contributed by atoms with E-state index < -0.39 is 13.1 Å². The van der Waals surface area contributed by atoms with E-state index in [4.69, 9.17) is 4.65 Å². The van der Waals surface area contributed by atoms with Crippen LogP contribution in [0.4, 0.5) is 0 Å². The van der Waals surface area contributed by atoms with Crippen LogP contribution in [0.25, 0.3) is 0 Å². The van der Waals surface area contributed by atoms with Crippen molar-refractivity contribution < 1.29 is 19.6 Å². The summed E-state index contributed by atoms with van der Waals surface area (Å²) >= 11 is 0. The molecular weight excluding hydrogens is 307 g/mol. The van der Waals surface area contributed by atoms with Crippen molar-refractivity contribution in [3.63, 3.8) is 0 Å². The number of carboxylic acid groups (broad SMARTS) is 1. The Morgan fingerprint density at radius 3 is 2.83 bits per heavy atom. The molecule has 2 aliphatic heterocycles. The Labute approximate surface area is 142 Å². The number of fused-ring (bicyclic) bond motifs is 1. The van der Waals surface area contributed by atoms with E-state index in [1.165, 1.54) is 25.3 Å². The molecule has 0 radical (unpaired) electrons. The van der Waals surface area contributed by atoms with Crippen LogP contribution in [0.3, 0.4) is 0 Å². The lowest BCUT2D eigenvalue weighted by atomic mass is 9.72. The smallest absolute Gasteiger partial charge is 0.534 e. The lowest BCUT2D eigenvalue weighted by Gasteiger charge is -2.32. The summed E-state index contributed by atoms with van der Waals surface area (Å²) in [5, 5.41) is 22.7. The highest BCUT2D eigenvalue weighted by Crippen LogP contribution is 2.30. The largest absolute Gasteiger partial charge is 0.546 e. The molecule has 128 valence electrons. The predicted octanol–water partition coefficient (Wildman–Crippen LogP) is 1.30. The van der Waals surface area contributed by atoms with Gasteiger partial charge in [0.15, 0.2) is 0 Å². The van der Waals surface area contributed by atoms with Gasteiger partial charge in [-0.05, 0) is 44.0 Å². The summed E-state index contributed by atoms with van der Waals surface area (Å²) in [7, 11) is -1.10. The monoisotopic (exact) mass is 330 g/mol. The molecule has 0 aromatic heterocycles. The molecule has 1 atom stereocenters. The maximum absolute atomic E-state index is 11.3. The number of nitrogens with one attached hydrogen (secondary N) is 1. The number of nitrogens with zero attached hydrogens (tertiary/aromatic N) is 1. The third-order valence-corrected chi connectivity index (χ3v) is 4.60. The van der Waals surface area contributed by atoms with Crippen LogP contribution in [0.1, 0.15) is 35.2 Å². The summed E-state index contributed by atoms with van der Waals surface area (Å²) in [5.74, 6) is -1.13. The van der Waals surface area contributed by atoms with Crippen LogP contribution in [0.2, 0.25) is 0 Å². The van der Waals surface area contributed by atoms with Crippen LogP contribution >= 0.6 is 0 Å². The summed E-state index contributed by atoms with van der Waals surface area (Å²) in [4.78, 5) is 13.6. The highest BCUT2D eigenvalue weighted by atomic mass is 16.5. The second-order valence-corrected chi connectivity index (χ2v) is 6.50. The first-order valence-electron chi connectivity index (χ1n) is 8.41. The van der Waals surface area contributed by atoms with E-state index in [9.17, 15) is 14.9 Å². The Kier molecular flexibility index (Phi) is 5.11. The zero-order valence-corrected chi connectivity index (χ0v) is 13.7. The molecule has 1 saturated heterocycles. The lowest BCUT2D eigenvalue weighted by Crippen LogP contribution is -2.52. The van der Waals surface area contributed by atoms with E-state index in [2.05, 4.69) is 16.8 Å². The van der Waals surface area contributed by atoms with Crippen molar-refractivity contribution in [3.8, 4) is 5.75 Å². The number of piperidine rings is 1. The second kappa shape index (κ2) is 7.28. The number of hydrogen-bond donors (Lipinski definition) is 3. The van der Waals surface area contributed by atoms with Crippen molar-refractivity contribution in [2.75, 3.05) is 19.6 Å². The van der Waals surface area contributed by atoms with Crippen molar-refractivity contribution in [3.05, 3.63) is 41.6 Å². The van der Waals surface area contributed by atoms with E-state index in [0.29, 0.717) is 6.42 Å². The Morgan fingerprint density at radius 2 is 2.12 bits per heavy atom. The summed E-state index contributed by atoms with van der Waals surface area (Å²) in [6.45, 7) is 6.98. The van der Waals surface area contributed by atoms with E-state index >= 15 is 0 Å². The van der Waals surface area contributed by atoms with Gasteiger partial charge in [0.05, 0.1) is 11.5 Å². The molecule has 0 aliphatic carbocycles. The van der Waals surface area contributed by atoms with Gasteiger partial charge in [-0.1, -0.05) is 25.1 Å². The Hall–Kier alpha value is -1.99. The van der Waals surface area contributed by atoms with Crippen molar-refractivity contribution in [1.29, 1.82) is 0 Å². The molecule has 1 aromatic rings. The van der Waals surface area contributed by atoms with Crippen LogP contribution in [0.15, 0.2) is 30.5 Å². The van der Waals surface area contributed by atoms with Gasteiger partial charge in [0, 0.05) is 12.2 Å². The topological polar surface area (TPSA) is 82.0 Å². The molecule has 0 spiro atoms. The maximum atomic E-state index is 11.3. The number of para-hydroxylation sites is 1. The van der Waals surface area contributed by atoms with Crippen molar-refractivity contribution >= 4 is 13.1 Å². The number of hydrogen-bond acceptors (Lipinski definition) is 5. The van der Waals surface area contributed by atoms with Gasteiger partial charge in [0.1, 0.15) is 5.75 Å². The predicted molar refractivity (Wildman–Crippen MR) is 92.1 cm³/mol. The molecule has 1 unspecified atom stereocenters. The number of carboxylic acids is 1. The molecule has 1 aromatic carbocycles. The molecular formula is C17H23BN2O4. The number of rotatable bonds is 5. The molecule has 3 rings (SSSR count). The molecule has 0 amide bonds. The highest BCUT2D eigenvalue weighted by molar-refractivity contribution is 6.46. The van der Waals surface area contributed by atoms with Gasteiger partial charge < -0.3 is 20.1 Å². The molecule has 0 bridgehead atoms. The summed E-state index contributed by atoms with van der Waals surface area (Å²) in [6, 6.07) is 5.01. The molecule has 24 heavy (non-hydrogen) atoms. The summed E-state index contributed by atoms with van der Waals surface area (Å²) in [6.07, 6.45) is 4.21. The van der Waals surface area contributed by atoms with Gasteiger partial charge in [-0.3, -0.25) is 4.90 Å². The molecule has 0 saturated carbocycles. The maximum Gasteiger partial charge on any atom is 0.546 e. The minimum Gasteiger partial charge on any atom is -0.534 e. The van der Waals surface area contributed by atoms with Crippen molar-refractivity contribution in [2.45, 2.75) is 31.6 Å². The van der Waals surface area contributed by atoms with E-state index in [-0.39, 0.29) is 17.3 Å². The first-order chi connectivity index (χ1) is 11.5. The second-order valence-electron chi connectivity index (χ2n) is 6.50. The van der Waals surface area contributed by atoms with Gasteiger partial charge in [-0.15, -0.1) is 0 Å². The Balaban J connectivity index is 1.64. The summed E-state index contributed by atoms with van der Waals surface area (Å²) in [5.41, 5.74) is 1.71. The SMILES string of the molecule is C=C(CN1CCCCC1)NC1Cc2cccc(C(=O)O)c2OB1O. The molecule has 1 fully saturated rings. The number of benzene rings is 1. The van der Waals surface area contributed by atoms with Crippen LogP contribution in [0.5, 0.6) is 5.75 Å². The van der Waals surface area contributed by atoms with Crippen LogP contribution in [-0.4, -0.2) is 53.7 Å². The first-order valence-corrected chi connectivity index (χ1v) is 8.41. The third kappa shape index (κ3) is 3.74. The first kappa shape index (κ1) is 16.9. The average Bonchev–Trinajstić information content (AvgIpc) is 2.55. The fourth-order valence-corrected chi connectivity index (χ4v) is 3.41. The number of carbonyl (C=O) groups is 1. The van der Waals surface area contributed by atoms with Crippen molar-refractivity contribution in [1.82, 2.24) is 10.2 Å². The fourth-order valence-electron chi connectivity index (χ4n) is 3.41. The molecule has 3 N–H and O–H groups in total. The van der Waals surface area contributed by atoms with Crippen LogP contribution < -0.4 is 9.97 Å². The Bertz CT molecular complexity index is 631. The van der Waals surface area contributed by atoms with Crippen molar-refractivity contribution in [2.24, 2.45) is 0 Å².